The van der Waals surface area contributed by atoms with Gasteiger partial charge < -0.3 is 45.1 Å². The minimum Gasteiger partial charge on any atom is -0.466 e. The van der Waals surface area contributed by atoms with E-state index in [4.69, 9.17) is 14.2 Å². The van der Waals surface area contributed by atoms with E-state index in [1.807, 2.05) is 6.08 Å². The summed E-state index contributed by atoms with van der Waals surface area (Å²) in [6, 6.07) is -0.835. The molecule has 1 saturated heterocycles. The standard InChI is InChI=1S/C89H161NO10/c1-3-5-7-9-11-13-15-17-19-20-45-49-53-57-61-65-69-73-77-85(94)98-78-74-70-66-62-58-54-50-46-43-41-39-37-35-33-31-29-27-25-23-21-22-24-26-28-30-32-34-36-38-40-42-44-48-52-56-60-64-68-72-76-84(93)90-81(80-99-89-88(97)87(96)86(95)83(79-91)100-89)82(92)75-71-67-63-59-55-51-47-18-16-14-12-10-8-6-4-2/h13,15-16,18-22,25,27,55,59,71,75,81-83,86-89,91-92,95-97H,3-12,14,17,23-24,26,28-54,56-58,60-70,72-74,76-80H2,1-2H3,(H,90,93)/b15-13-,18-16+,20-19-,22-21-,27-25-,59-55+,75-71+. The van der Waals surface area contributed by atoms with Crippen LogP contribution in [-0.2, 0) is 23.8 Å². The minimum atomic E-state index is -1.58. The second-order valence-corrected chi connectivity index (χ2v) is 29.5. The molecule has 1 aliphatic heterocycles. The number of rotatable bonds is 76. The monoisotopic (exact) mass is 1400 g/mol. The zero-order chi connectivity index (χ0) is 72.2. The first-order valence-electron chi connectivity index (χ1n) is 42.9. The molecular formula is C89H161NO10. The Morgan fingerprint density at radius 3 is 1.06 bits per heavy atom. The van der Waals surface area contributed by atoms with E-state index in [1.165, 1.54) is 295 Å². The number of esters is 1. The fraction of sp³-hybridized carbons (Fsp3) is 0.820. The van der Waals surface area contributed by atoms with E-state index in [-0.39, 0.29) is 18.5 Å². The summed E-state index contributed by atoms with van der Waals surface area (Å²) in [6.45, 7) is 4.33. The fourth-order valence-electron chi connectivity index (χ4n) is 13.2. The third-order valence-corrected chi connectivity index (χ3v) is 19.9. The SMILES string of the molecule is CCCCCC/C=C\C/C=C\CCCCCCCCCC(=O)OCCCCCCCCCCCCCCCCC/C=C\C/C=C\CCCCCCCCCCCCCCCCCCCC(=O)NC(COC1OC(CO)C(O)C(O)C1O)C(O)/C=C/CC/C=C/CC/C=C/CCCCCCC. The van der Waals surface area contributed by atoms with Gasteiger partial charge in [0.05, 0.1) is 32.0 Å². The molecule has 1 fully saturated rings. The molecule has 0 aliphatic carbocycles. The number of aliphatic hydroxyl groups is 5. The Labute approximate surface area is 616 Å². The molecule has 1 heterocycles. The lowest BCUT2D eigenvalue weighted by Crippen LogP contribution is -2.60. The van der Waals surface area contributed by atoms with Crippen molar-refractivity contribution in [1.82, 2.24) is 5.32 Å². The predicted molar refractivity (Wildman–Crippen MR) is 426 cm³/mol. The molecule has 0 bridgehead atoms. The van der Waals surface area contributed by atoms with E-state index < -0.39 is 49.5 Å². The average molecular weight is 1410 g/mol. The molecular weight excluding hydrogens is 1240 g/mol. The van der Waals surface area contributed by atoms with Gasteiger partial charge in [0.25, 0.3) is 0 Å². The highest BCUT2D eigenvalue weighted by molar-refractivity contribution is 5.76. The van der Waals surface area contributed by atoms with Gasteiger partial charge >= 0.3 is 5.97 Å². The van der Waals surface area contributed by atoms with E-state index in [0.29, 0.717) is 19.4 Å². The predicted octanol–water partition coefficient (Wildman–Crippen LogP) is 23.9. The molecule has 11 heteroatoms. The number of unbranched alkanes of at least 4 members (excludes halogenated alkanes) is 50. The normalized spacial score (nSPS) is 17.5. The van der Waals surface area contributed by atoms with Crippen LogP contribution in [0.2, 0.25) is 0 Å². The van der Waals surface area contributed by atoms with Gasteiger partial charge in [-0.05, 0) is 122 Å². The summed E-state index contributed by atoms with van der Waals surface area (Å²) in [6.07, 6.45) is 97.7. The third-order valence-electron chi connectivity index (χ3n) is 19.9. The molecule has 1 aliphatic rings. The first-order valence-corrected chi connectivity index (χ1v) is 42.9. The van der Waals surface area contributed by atoms with Crippen LogP contribution >= 0.6 is 0 Å². The summed E-state index contributed by atoms with van der Waals surface area (Å²) >= 11 is 0. The van der Waals surface area contributed by atoms with Gasteiger partial charge in [0.2, 0.25) is 5.91 Å². The highest BCUT2D eigenvalue weighted by Gasteiger charge is 2.44. The first-order chi connectivity index (χ1) is 49.2. The van der Waals surface area contributed by atoms with Crippen molar-refractivity contribution in [1.29, 1.82) is 0 Å². The number of hydrogen-bond donors (Lipinski definition) is 6. The molecule has 11 nitrogen and oxygen atoms in total. The Balaban J connectivity index is 1.91. The van der Waals surface area contributed by atoms with E-state index in [2.05, 4.69) is 92.1 Å². The van der Waals surface area contributed by atoms with E-state index in [0.717, 1.165) is 83.5 Å². The molecule has 0 aromatic carbocycles. The molecule has 1 rings (SSSR count). The van der Waals surface area contributed by atoms with Crippen molar-refractivity contribution >= 4 is 11.9 Å². The third kappa shape index (κ3) is 64.4. The van der Waals surface area contributed by atoms with Crippen LogP contribution < -0.4 is 5.32 Å². The van der Waals surface area contributed by atoms with Crippen molar-refractivity contribution in [3.8, 4) is 0 Å². The van der Waals surface area contributed by atoms with E-state index in [1.54, 1.807) is 6.08 Å². The summed E-state index contributed by atoms with van der Waals surface area (Å²) < 4.78 is 16.8. The van der Waals surface area contributed by atoms with Gasteiger partial charge in [-0.3, -0.25) is 9.59 Å². The molecule has 7 unspecified atom stereocenters. The number of carbonyl (C=O) groups is 2. The Kier molecular flexibility index (Phi) is 73.0. The minimum absolute atomic E-state index is 0.00701. The molecule has 100 heavy (non-hydrogen) atoms. The van der Waals surface area contributed by atoms with Crippen LogP contribution in [0.25, 0.3) is 0 Å². The van der Waals surface area contributed by atoms with Crippen LogP contribution in [0.5, 0.6) is 0 Å². The van der Waals surface area contributed by atoms with Crippen molar-refractivity contribution in [2.75, 3.05) is 19.8 Å². The summed E-state index contributed by atoms with van der Waals surface area (Å²) in [5.74, 6) is -0.185. The molecule has 0 aromatic heterocycles. The molecule has 6 N–H and O–H groups in total. The zero-order valence-corrected chi connectivity index (χ0v) is 65.2. The summed E-state index contributed by atoms with van der Waals surface area (Å²) in [4.78, 5) is 25.2. The van der Waals surface area contributed by atoms with Crippen LogP contribution in [0.1, 0.15) is 406 Å². The van der Waals surface area contributed by atoms with Crippen LogP contribution in [0.4, 0.5) is 0 Å². The van der Waals surface area contributed by atoms with Crippen molar-refractivity contribution in [3.63, 3.8) is 0 Å². The number of ether oxygens (including phenoxy) is 3. The van der Waals surface area contributed by atoms with Gasteiger partial charge in [0, 0.05) is 12.8 Å². The highest BCUT2D eigenvalue weighted by atomic mass is 16.7. The lowest BCUT2D eigenvalue weighted by Gasteiger charge is -2.40. The van der Waals surface area contributed by atoms with Gasteiger partial charge in [0.15, 0.2) is 6.29 Å². The maximum atomic E-state index is 13.1. The van der Waals surface area contributed by atoms with Gasteiger partial charge in [-0.2, -0.15) is 0 Å². The number of amides is 1. The average Bonchev–Trinajstić information content (AvgIpc) is 0.822. The van der Waals surface area contributed by atoms with Crippen molar-refractivity contribution in [2.45, 2.75) is 448 Å². The Morgan fingerprint density at radius 1 is 0.370 bits per heavy atom. The topological polar surface area (TPSA) is 175 Å². The van der Waals surface area contributed by atoms with Crippen LogP contribution in [0.3, 0.4) is 0 Å². The van der Waals surface area contributed by atoms with Crippen molar-refractivity contribution < 1.29 is 49.3 Å². The number of aliphatic hydroxyl groups excluding tert-OH is 5. The van der Waals surface area contributed by atoms with Crippen molar-refractivity contribution in [2.24, 2.45) is 0 Å². The molecule has 0 radical (unpaired) electrons. The molecule has 582 valence electrons. The van der Waals surface area contributed by atoms with Crippen molar-refractivity contribution in [3.05, 3.63) is 85.1 Å². The van der Waals surface area contributed by atoms with Gasteiger partial charge in [0.1, 0.15) is 24.4 Å². The summed E-state index contributed by atoms with van der Waals surface area (Å²) in [7, 11) is 0. The maximum Gasteiger partial charge on any atom is 0.305 e. The quantitative estimate of drug-likeness (QED) is 0.0195. The summed E-state index contributed by atoms with van der Waals surface area (Å²) in [5, 5.41) is 54.6. The molecule has 7 atom stereocenters. The van der Waals surface area contributed by atoms with Gasteiger partial charge in [-0.1, -0.05) is 356 Å². The second-order valence-electron chi connectivity index (χ2n) is 29.5. The van der Waals surface area contributed by atoms with Gasteiger partial charge in [-0.25, -0.2) is 0 Å². The van der Waals surface area contributed by atoms with E-state index >= 15 is 0 Å². The lowest BCUT2D eigenvalue weighted by atomic mass is 9.99. The Bertz CT molecular complexity index is 1940. The molecule has 0 aromatic rings. The largest absolute Gasteiger partial charge is 0.466 e. The zero-order valence-electron chi connectivity index (χ0n) is 65.2. The fourth-order valence-corrected chi connectivity index (χ4v) is 13.2. The molecule has 0 saturated carbocycles. The maximum absolute atomic E-state index is 13.1. The summed E-state index contributed by atoms with van der Waals surface area (Å²) in [5.41, 5.74) is 0. The first kappa shape index (κ1) is 94.9. The Morgan fingerprint density at radius 2 is 0.680 bits per heavy atom. The second kappa shape index (κ2) is 77.0. The highest BCUT2D eigenvalue weighted by Crippen LogP contribution is 2.24. The lowest BCUT2D eigenvalue weighted by molar-refractivity contribution is -0.302. The smallest absolute Gasteiger partial charge is 0.305 e. The number of nitrogens with one attached hydrogen (secondary N) is 1. The van der Waals surface area contributed by atoms with Crippen LogP contribution in [0.15, 0.2) is 85.1 Å². The van der Waals surface area contributed by atoms with Crippen LogP contribution in [0, 0.1) is 0 Å². The number of hydrogen-bond acceptors (Lipinski definition) is 10. The van der Waals surface area contributed by atoms with Gasteiger partial charge in [-0.15, -0.1) is 0 Å². The van der Waals surface area contributed by atoms with E-state index in [9.17, 15) is 35.1 Å². The number of allylic oxidation sites excluding steroid dienone is 13. The molecule has 1 amide bonds. The Hall–Kier alpha value is -3.16. The van der Waals surface area contributed by atoms with Crippen LogP contribution in [-0.4, -0.2) is 100 Å². The number of carbonyl (C=O) groups excluding carboxylic acids is 2. The molecule has 0 spiro atoms.